The van der Waals surface area contributed by atoms with E-state index in [1.807, 2.05) is 0 Å². The zero-order chi connectivity index (χ0) is 11.0. The van der Waals surface area contributed by atoms with Gasteiger partial charge in [-0.2, -0.15) is 5.10 Å². The molecular formula is C9H8BrN3O2. The van der Waals surface area contributed by atoms with E-state index in [2.05, 4.69) is 30.7 Å². The molecule has 2 aromatic rings. The number of hydrogen-bond donors (Lipinski definition) is 0. The number of aryl methyl sites for hydroxylation is 1. The molecule has 0 bridgehead atoms. The Balaban J connectivity index is 2.71. The quantitative estimate of drug-likeness (QED) is 0.737. The molecule has 0 aliphatic rings. The molecule has 0 saturated carbocycles. The van der Waals surface area contributed by atoms with Crippen molar-refractivity contribution in [1.82, 2.24) is 14.8 Å². The maximum atomic E-state index is 11.4. The second kappa shape index (κ2) is 3.62. The second-order valence-corrected chi connectivity index (χ2v) is 3.78. The minimum absolute atomic E-state index is 0.401. The van der Waals surface area contributed by atoms with Crippen LogP contribution in [-0.4, -0.2) is 27.8 Å². The summed E-state index contributed by atoms with van der Waals surface area (Å²) in [6.07, 6.45) is 3.12. The Morgan fingerprint density at radius 2 is 2.27 bits per heavy atom. The van der Waals surface area contributed by atoms with Crippen molar-refractivity contribution < 1.29 is 9.53 Å². The van der Waals surface area contributed by atoms with Gasteiger partial charge < -0.3 is 4.74 Å². The summed E-state index contributed by atoms with van der Waals surface area (Å²) in [5.74, 6) is -0.417. The molecule has 2 aromatic heterocycles. The molecule has 5 nitrogen and oxygen atoms in total. The predicted octanol–water partition coefficient (Wildman–Crippen LogP) is 1.52. The van der Waals surface area contributed by atoms with E-state index in [9.17, 15) is 4.79 Å². The highest BCUT2D eigenvalue weighted by molar-refractivity contribution is 9.10. The van der Waals surface area contributed by atoms with Crippen LogP contribution in [0, 0.1) is 0 Å². The van der Waals surface area contributed by atoms with Crippen molar-refractivity contribution >= 4 is 32.9 Å². The average Bonchev–Trinajstić information content (AvgIpc) is 2.61. The van der Waals surface area contributed by atoms with Crippen LogP contribution in [0.25, 0.3) is 11.0 Å². The maximum Gasteiger partial charge on any atom is 0.340 e. The zero-order valence-electron chi connectivity index (χ0n) is 8.19. The monoisotopic (exact) mass is 269 g/mol. The number of fused-ring (bicyclic) bond motifs is 1. The third-order valence-corrected chi connectivity index (χ3v) is 2.96. The number of carbonyl (C=O) groups is 1. The van der Waals surface area contributed by atoms with Gasteiger partial charge in [-0.15, -0.1) is 0 Å². The topological polar surface area (TPSA) is 57.0 Å². The summed E-state index contributed by atoms with van der Waals surface area (Å²) in [5, 5.41) is 4.85. The number of ether oxygens (including phenoxy) is 1. The van der Waals surface area contributed by atoms with Crippen molar-refractivity contribution in [1.29, 1.82) is 0 Å². The van der Waals surface area contributed by atoms with Crippen LogP contribution in [0.5, 0.6) is 0 Å². The molecule has 0 aromatic carbocycles. The lowest BCUT2D eigenvalue weighted by atomic mass is 10.2. The van der Waals surface area contributed by atoms with E-state index in [-0.39, 0.29) is 0 Å². The Hall–Kier alpha value is -1.43. The number of esters is 1. The Bertz CT molecular complexity index is 535. The van der Waals surface area contributed by atoms with Crippen molar-refractivity contribution in [2.45, 2.75) is 0 Å². The molecule has 0 N–H and O–H groups in total. The van der Waals surface area contributed by atoms with Crippen LogP contribution < -0.4 is 0 Å². The van der Waals surface area contributed by atoms with E-state index in [1.165, 1.54) is 13.3 Å². The molecule has 0 unspecified atom stereocenters. The summed E-state index contributed by atoms with van der Waals surface area (Å²) >= 11 is 3.34. The number of nitrogens with zero attached hydrogens (tertiary/aromatic N) is 3. The molecule has 0 spiro atoms. The van der Waals surface area contributed by atoms with Gasteiger partial charge in [0.05, 0.1) is 24.3 Å². The van der Waals surface area contributed by atoms with E-state index in [4.69, 9.17) is 0 Å². The molecule has 0 saturated heterocycles. The standard InChI is InChI=1S/C9H8BrN3O2/c1-13-8-5(4-12-13)7(10)6(3-11-8)9(14)15-2/h3-4H,1-2H3. The molecule has 0 fully saturated rings. The fourth-order valence-corrected chi connectivity index (χ4v) is 1.86. The van der Waals surface area contributed by atoms with E-state index in [0.717, 1.165) is 11.0 Å². The SMILES string of the molecule is COC(=O)c1cnc2c(cnn2C)c1Br. The van der Waals surface area contributed by atoms with E-state index < -0.39 is 5.97 Å². The minimum Gasteiger partial charge on any atom is -0.465 e. The van der Waals surface area contributed by atoms with Crippen LogP contribution >= 0.6 is 15.9 Å². The molecular weight excluding hydrogens is 262 g/mol. The Labute approximate surface area is 94.2 Å². The van der Waals surface area contributed by atoms with Gasteiger partial charge in [-0.25, -0.2) is 9.78 Å². The molecule has 15 heavy (non-hydrogen) atoms. The Morgan fingerprint density at radius 1 is 1.53 bits per heavy atom. The molecule has 78 valence electrons. The summed E-state index contributed by atoms with van der Waals surface area (Å²) in [4.78, 5) is 15.5. The number of methoxy groups -OCH3 is 1. The van der Waals surface area contributed by atoms with Crippen molar-refractivity contribution in [3.8, 4) is 0 Å². The lowest BCUT2D eigenvalue weighted by Gasteiger charge is -2.02. The zero-order valence-corrected chi connectivity index (χ0v) is 9.78. The fourth-order valence-electron chi connectivity index (χ4n) is 1.32. The number of hydrogen-bond acceptors (Lipinski definition) is 4. The van der Waals surface area contributed by atoms with Crippen molar-refractivity contribution in [3.63, 3.8) is 0 Å². The van der Waals surface area contributed by atoms with Crippen LogP contribution in [0.15, 0.2) is 16.9 Å². The molecule has 0 aliphatic heterocycles. The Morgan fingerprint density at radius 3 is 2.93 bits per heavy atom. The second-order valence-electron chi connectivity index (χ2n) is 2.98. The maximum absolute atomic E-state index is 11.4. The van der Waals surface area contributed by atoms with E-state index >= 15 is 0 Å². The lowest BCUT2D eigenvalue weighted by molar-refractivity contribution is 0.0599. The van der Waals surface area contributed by atoms with Crippen molar-refractivity contribution in [2.75, 3.05) is 7.11 Å². The summed E-state index contributed by atoms with van der Waals surface area (Å²) in [5.41, 5.74) is 1.12. The first-order chi connectivity index (χ1) is 7.15. The number of carbonyl (C=O) groups excluding carboxylic acids is 1. The van der Waals surface area contributed by atoms with Crippen LogP contribution in [0.4, 0.5) is 0 Å². The molecule has 0 amide bonds. The first kappa shape index (κ1) is 10.1. The normalized spacial score (nSPS) is 10.6. The smallest absolute Gasteiger partial charge is 0.340 e. The van der Waals surface area contributed by atoms with Gasteiger partial charge in [0.15, 0.2) is 5.65 Å². The molecule has 0 atom stereocenters. The van der Waals surface area contributed by atoms with Crippen LogP contribution in [0.2, 0.25) is 0 Å². The van der Waals surface area contributed by atoms with Gasteiger partial charge in [-0.05, 0) is 15.9 Å². The van der Waals surface area contributed by atoms with Gasteiger partial charge in [0.1, 0.15) is 0 Å². The highest BCUT2D eigenvalue weighted by Gasteiger charge is 2.15. The Kier molecular flexibility index (Phi) is 2.44. The van der Waals surface area contributed by atoms with Gasteiger partial charge in [0.25, 0.3) is 0 Å². The summed E-state index contributed by atoms with van der Waals surface area (Å²) in [6, 6.07) is 0. The van der Waals surface area contributed by atoms with Crippen LogP contribution in [0.3, 0.4) is 0 Å². The van der Waals surface area contributed by atoms with E-state index in [1.54, 1.807) is 17.9 Å². The highest BCUT2D eigenvalue weighted by Crippen LogP contribution is 2.25. The van der Waals surface area contributed by atoms with Crippen LogP contribution in [-0.2, 0) is 11.8 Å². The first-order valence-electron chi connectivity index (χ1n) is 4.19. The van der Waals surface area contributed by atoms with Crippen molar-refractivity contribution in [2.24, 2.45) is 7.05 Å². The lowest BCUT2D eigenvalue weighted by Crippen LogP contribution is -2.03. The predicted molar refractivity (Wildman–Crippen MR) is 57.5 cm³/mol. The van der Waals surface area contributed by atoms with Gasteiger partial charge in [0, 0.05) is 17.7 Å². The molecule has 6 heteroatoms. The van der Waals surface area contributed by atoms with Crippen LogP contribution in [0.1, 0.15) is 10.4 Å². The summed E-state index contributed by atoms with van der Waals surface area (Å²) < 4.78 is 6.94. The van der Waals surface area contributed by atoms with Gasteiger partial charge >= 0.3 is 5.97 Å². The van der Waals surface area contributed by atoms with E-state index in [0.29, 0.717) is 10.0 Å². The first-order valence-corrected chi connectivity index (χ1v) is 4.99. The third kappa shape index (κ3) is 1.50. The summed E-state index contributed by atoms with van der Waals surface area (Å²) in [7, 11) is 3.13. The number of halogens is 1. The number of rotatable bonds is 1. The fraction of sp³-hybridized carbons (Fsp3) is 0.222. The highest BCUT2D eigenvalue weighted by atomic mass is 79.9. The third-order valence-electron chi connectivity index (χ3n) is 2.10. The van der Waals surface area contributed by atoms with Gasteiger partial charge in [0.2, 0.25) is 0 Å². The van der Waals surface area contributed by atoms with Crippen molar-refractivity contribution in [3.05, 3.63) is 22.4 Å². The molecule has 0 radical (unpaired) electrons. The summed E-state index contributed by atoms with van der Waals surface area (Å²) in [6.45, 7) is 0. The molecule has 2 heterocycles. The largest absolute Gasteiger partial charge is 0.465 e. The number of pyridine rings is 1. The molecule has 2 rings (SSSR count). The average molecular weight is 270 g/mol. The minimum atomic E-state index is -0.417. The van der Waals surface area contributed by atoms with Gasteiger partial charge in [-0.3, -0.25) is 4.68 Å². The van der Waals surface area contributed by atoms with Gasteiger partial charge in [-0.1, -0.05) is 0 Å². The molecule has 0 aliphatic carbocycles. The number of aromatic nitrogens is 3.